The third kappa shape index (κ3) is 2.27. The molecule has 2 aliphatic rings. The lowest BCUT2D eigenvalue weighted by Crippen LogP contribution is -2.54. The quantitative estimate of drug-likeness (QED) is 0.453. The Hall–Kier alpha value is -1.30. The molecule has 2 heterocycles. The van der Waals surface area contributed by atoms with Crippen LogP contribution in [0.3, 0.4) is 0 Å². The number of carbonyl (C=O) groups excluding carboxylic acids is 1. The van der Waals surface area contributed by atoms with Crippen molar-refractivity contribution in [2.24, 2.45) is 5.73 Å². The van der Waals surface area contributed by atoms with Crippen molar-refractivity contribution in [1.29, 1.82) is 5.41 Å². The average molecular weight is 226 g/mol. The van der Waals surface area contributed by atoms with Gasteiger partial charge in [0.25, 0.3) is 5.91 Å². The van der Waals surface area contributed by atoms with Gasteiger partial charge in [-0.15, -0.1) is 0 Å². The van der Waals surface area contributed by atoms with Gasteiger partial charge < -0.3 is 20.3 Å². The van der Waals surface area contributed by atoms with Crippen LogP contribution in [0.25, 0.3) is 0 Å². The number of nitrogens with zero attached hydrogens (tertiary/aromatic N) is 2. The van der Waals surface area contributed by atoms with E-state index in [1.54, 1.807) is 4.90 Å². The Morgan fingerprint density at radius 3 is 2.38 bits per heavy atom. The summed E-state index contributed by atoms with van der Waals surface area (Å²) in [6.07, 6.45) is 1.58. The predicted octanol–water partition coefficient (Wildman–Crippen LogP) is -0.797. The second-order valence-corrected chi connectivity index (χ2v) is 4.20. The first-order valence-corrected chi connectivity index (χ1v) is 5.68. The van der Waals surface area contributed by atoms with Crippen molar-refractivity contribution < 1.29 is 9.53 Å². The van der Waals surface area contributed by atoms with E-state index in [1.807, 2.05) is 4.90 Å². The fourth-order valence-electron chi connectivity index (χ4n) is 2.14. The van der Waals surface area contributed by atoms with E-state index in [1.165, 1.54) is 0 Å². The third-order valence-electron chi connectivity index (χ3n) is 3.14. The van der Waals surface area contributed by atoms with Crippen LogP contribution in [0.1, 0.15) is 12.8 Å². The molecule has 0 aliphatic carbocycles. The molecule has 6 nitrogen and oxygen atoms in total. The molecule has 0 saturated carbocycles. The number of ether oxygens (including phenoxy) is 1. The number of carbonyl (C=O) groups is 1. The van der Waals surface area contributed by atoms with Gasteiger partial charge >= 0.3 is 0 Å². The molecule has 2 fully saturated rings. The zero-order valence-corrected chi connectivity index (χ0v) is 9.32. The molecule has 2 saturated heterocycles. The summed E-state index contributed by atoms with van der Waals surface area (Å²) in [5, 5.41) is 7.30. The van der Waals surface area contributed by atoms with Crippen molar-refractivity contribution in [2.45, 2.75) is 18.9 Å². The van der Waals surface area contributed by atoms with E-state index < -0.39 is 0 Å². The summed E-state index contributed by atoms with van der Waals surface area (Å²) >= 11 is 0. The van der Waals surface area contributed by atoms with E-state index in [9.17, 15) is 4.79 Å². The Bertz CT molecular complexity index is 281. The van der Waals surface area contributed by atoms with Gasteiger partial charge in [0.2, 0.25) is 0 Å². The highest BCUT2D eigenvalue weighted by Crippen LogP contribution is 2.15. The molecule has 16 heavy (non-hydrogen) atoms. The second-order valence-electron chi connectivity index (χ2n) is 4.20. The van der Waals surface area contributed by atoms with Crippen molar-refractivity contribution in [3.05, 3.63) is 0 Å². The van der Waals surface area contributed by atoms with Crippen molar-refractivity contribution in [2.75, 3.05) is 32.8 Å². The van der Waals surface area contributed by atoms with E-state index in [0.29, 0.717) is 32.8 Å². The van der Waals surface area contributed by atoms with Crippen LogP contribution >= 0.6 is 0 Å². The molecule has 0 unspecified atom stereocenters. The summed E-state index contributed by atoms with van der Waals surface area (Å²) in [4.78, 5) is 15.6. The first kappa shape index (κ1) is 11.2. The van der Waals surface area contributed by atoms with Crippen molar-refractivity contribution in [1.82, 2.24) is 9.80 Å². The number of guanidine groups is 1. The van der Waals surface area contributed by atoms with Crippen LogP contribution < -0.4 is 5.73 Å². The van der Waals surface area contributed by atoms with Gasteiger partial charge in [-0.05, 0) is 12.8 Å². The number of piperazine rings is 1. The normalized spacial score (nSPS) is 25.9. The first-order valence-electron chi connectivity index (χ1n) is 5.68. The average Bonchev–Trinajstić information content (AvgIpc) is 2.81. The van der Waals surface area contributed by atoms with Gasteiger partial charge in [0, 0.05) is 32.8 Å². The summed E-state index contributed by atoms with van der Waals surface area (Å²) in [5.41, 5.74) is 5.39. The molecule has 3 N–H and O–H groups in total. The zero-order chi connectivity index (χ0) is 11.5. The summed E-state index contributed by atoms with van der Waals surface area (Å²) in [6, 6.07) is 0. The van der Waals surface area contributed by atoms with Crippen LogP contribution in [0.2, 0.25) is 0 Å². The number of rotatable bonds is 1. The van der Waals surface area contributed by atoms with E-state index in [2.05, 4.69) is 0 Å². The first-order chi connectivity index (χ1) is 7.68. The standard InChI is InChI=1S/C10H18N4O2/c11-10(12)14-5-3-13(4-6-14)9(15)8-2-1-7-16-8/h8H,1-7H2,(H3,11,12)/t8-/m1/s1. The van der Waals surface area contributed by atoms with Gasteiger partial charge in [-0.25, -0.2) is 0 Å². The highest BCUT2D eigenvalue weighted by atomic mass is 16.5. The summed E-state index contributed by atoms with van der Waals surface area (Å²) in [7, 11) is 0. The predicted molar refractivity (Wildman–Crippen MR) is 59.0 cm³/mol. The van der Waals surface area contributed by atoms with Crippen molar-refractivity contribution in [3.63, 3.8) is 0 Å². The molecule has 90 valence electrons. The maximum atomic E-state index is 12.0. The molecule has 0 bridgehead atoms. The lowest BCUT2D eigenvalue weighted by Gasteiger charge is -2.35. The molecule has 0 aromatic carbocycles. The SMILES string of the molecule is N=C(N)N1CCN(C(=O)[C@H]2CCCO2)CC1. The zero-order valence-electron chi connectivity index (χ0n) is 9.32. The number of amides is 1. The maximum absolute atomic E-state index is 12.0. The molecule has 0 aromatic heterocycles. The van der Waals surface area contributed by atoms with Crippen LogP contribution in [-0.4, -0.2) is 60.6 Å². The van der Waals surface area contributed by atoms with E-state index in [-0.39, 0.29) is 18.0 Å². The minimum atomic E-state index is -0.233. The highest BCUT2D eigenvalue weighted by Gasteiger charge is 2.30. The summed E-state index contributed by atoms with van der Waals surface area (Å²) < 4.78 is 5.37. The molecule has 6 heteroatoms. The minimum Gasteiger partial charge on any atom is -0.370 e. The largest absolute Gasteiger partial charge is 0.370 e. The fraction of sp³-hybridized carbons (Fsp3) is 0.800. The number of hydrogen-bond acceptors (Lipinski definition) is 3. The Labute approximate surface area is 94.8 Å². The van der Waals surface area contributed by atoms with Gasteiger partial charge in [0.15, 0.2) is 5.96 Å². The smallest absolute Gasteiger partial charge is 0.251 e. The van der Waals surface area contributed by atoms with Crippen LogP contribution in [0.4, 0.5) is 0 Å². The van der Waals surface area contributed by atoms with Crippen LogP contribution in [0.5, 0.6) is 0 Å². The van der Waals surface area contributed by atoms with Gasteiger partial charge in [0.1, 0.15) is 6.10 Å². The molecule has 2 aliphatic heterocycles. The number of nitrogens with one attached hydrogen (secondary N) is 1. The minimum absolute atomic E-state index is 0.0872. The fourth-order valence-corrected chi connectivity index (χ4v) is 2.14. The number of nitrogens with two attached hydrogens (primary N) is 1. The number of hydrogen-bond donors (Lipinski definition) is 2. The van der Waals surface area contributed by atoms with Crippen LogP contribution in [-0.2, 0) is 9.53 Å². The third-order valence-corrected chi connectivity index (χ3v) is 3.14. The lowest BCUT2D eigenvalue weighted by atomic mass is 10.2. The second kappa shape index (κ2) is 4.69. The Kier molecular flexibility index (Phi) is 3.28. The molecular weight excluding hydrogens is 208 g/mol. The van der Waals surface area contributed by atoms with Gasteiger partial charge in [-0.1, -0.05) is 0 Å². The highest BCUT2D eigenvalue weighted by molar-refractivity contribution is 5.81. The van der Waals surface area contributed by atoms with Crippen LogP contribution in [0, 0.1) is 5.41 Å². The van der Waals surface area contributed by atoms with E-state index in [4.69, 9.17) is 15.9 Å². The summed E-state index contributed by atoms with van der Waals surface area (Å²) in [6.45, 7) is 3.27. The van der Waals surface area contributed by atoms with Gasteiger partial charge in [-0.2, -0.15) is 0 Å². The van der Waals surface area contributed by atoms with Gasteiger partial charge in [-0.3, -0.25) is 10.2 Å². The van der Waals surface area contributed by atoms with E-state index >= 15 is 0 Å². The molecule has 2 rings (SSSR count). The molecule has 0 spiro atoms. The maximum Gasteiger partial charge on any atom is 0.251 e. The molecular formula is C10H18N4O2. The Balaban J connectivity index is 1.84. The van der Waals surface area contributed by atoms with Crippen LogP contribution in [0.15, 0.2) is 0 Å². The van der Waals surface area contributed by atoms with Gasteiger partial charge in [0.05, 0.1) is 0 Å². The van der Waals surface area contributed by atoms with E-state index in [0.717, 1.165) is 12.8 Å². The monoisotopic (exact) mass is 226 g/mol. The molecule has 0 aromatic rings. The van der Waals surface area contributed by atoms with Crippen molar-refractivity contribution >= 4 is 11.9 Å². The summed E-state index contributed by atoms with van der Waals surface area (Å²) in [5.74, 6) is 0.185. The molecule has 1 atom stereocenters. The van der Waals surface area contributed by atoms with Crippen molar-refractivity contribution in [3.8, 4) is 0 Å². The Morgan fingerprint density at radius 2 is 1.88 bits per heavy atom. The molecule has 0 radical (unpaired) electrons. The lowest BCUT2D eigenvalue weighted by molar-refractivity contribution is -0.142. The Morgan fingerprint density at radius 1 is 1.25 bits per heavy atom. The topological polar surface area (TPSA) is 82.7 Å². The molecule has 1 amide bonds.